The quantitative estimate of drug-likeness (QED) is 0.410. The second-order valence-electron chi connectivity index (χ2n) is 5.66. The van der Waals surface area contributed by atoms with Crippen LogP contribution in [0.5, 0.6) is 11.5 Å². The molecule has 1 aromatic carbocycles. The van der Waals surface area contributed by atoms with Crippen molar-refractivity contribution in [2.45, 2.75) is 19.8 Å². The van der Waals surface area contributed by atoms with Gasteiger partial charge in [0.05, 0.1) is 31.7 Å². The van der Waals surface area contributed by atoms with Crippen LogP contribution in [0.1, 0.15) is 30.4 Å². The number of aromatic nitrogens is 3. The summed E-state index contributed by atoms with van der Waals surface area (Å²) in [6, 6.07) is 5.07. The molecule has 0 aliphatic rings. The smallest absolute Gasteiger partial charge is 0.374 e. The van der Waals surface area contributed by atoms with Gasteiger partial charge in [-0.25, -0.2) is 14.8 Å². The van der Waals surface area contributed by atoms with Gasteiger partial charge in [0.15, 0.2) is 17.1 Å². The van der Waals surface area contributed by atoms with Crippen molar-refractivity contribution in [2.75, 3.05) is 20.8 Å². The fraction of sp³-hybridized carbons (Fsp3) is 0.333. The summed E-state index contributed by atoms with van der Waals surface area (Å²) >= 11 is 0. The highest BCUT2D eigenvalue weighted by atomic mass is 16.5. The van der Waals surface area contributed by atoms with Crippen molar-refractivity contribution >= 4 is 27.9 Å². The first-order valence-corrected chi connectivity index (χ1v) is 8.21. The number of benzene rings is 1. The Morgan fingerprint density at radius 2 is 1.85 bits per heavy atom. The third-order valence-corrected chi connectivity index (χ3v) is 3.92. The SMILES string of the molecule is CCCCOC(=O)c1nc2nc3cc(OC)c(OC)cc3cc2c(=O)[nH]1. The highest BCUT2D eigenvalue weighted by Gasteiger charge is 2.15. The Bertz CT molecular complexity index is 1030. The van der Waals surface area contributed by atoms with Crippen molar-refractivity contribution in [3.8, 4) is 11.5 Å². The molecule has 136 valence electrons. The molecule has 8 heteroatoms. The fourth-order valence-electron chi connectivity index (χ4n) is 2.53. The molecule has 0 saturated heterocycles. The molecule has 26 heavy (non-hydrogen) atoms. The lowest BCUT2D eigenvalue weighted by Gasteiger charge is -2.09. The van der Waals surface area contributed by atoms with E-state index in [-0.39, 0.29) is 23.5 Å². The van der Waals surface area contributed by atoms with E-state index in [9.17, 15) is 9.59 Å². The minimum absolute atomic E-state index is 0.161. The Labute approximate surface area is 149 Å². The zero-order valence-corrected chi connectivity index (χ0v) is 14.8. The number of carbonyl (C=O) groups is 1. The molecule has 3 aromatic rings. The van der Waals surface area contributed by atoms with E-state index in [1.165, 1.54) is 14.2 Å². The lowest BCUT2D eigenvalue weighted by atomic mass is 10.1. The average Bonchev–Trinajstić information content (AvgIpc) is 2.65. The van der Waals surface area contributed by atoms with Crippen molar-refractivity contribution in [2.24, 2.45) is 0 Å². The van der Waals surface area contributed by atoms with Gasteiger partial charge in [0.2, 0.25) is 5.82 Å². The molecule has 0 spiro atoms. The normalized spacial score (nSPS) is 10.9. The second-order valence-corrected chi connectivity index (χ2v) is 5.66. The first-order chi connectivity index (χ1) is 12.6. The lowest BCUT2D eigenvalue weighted by molar-refractivity contribution is 0.0485. The molecule has 0 amide bonds. The Morgan fingerprint density at radius 1 is 1.12 bits per heavy atom. The largest absolute Gasteiger partial charge is 0.493 e. The van der Waals surface area contributed by atoms with Crippen LogP contribution in [0.3, 0.4) is 0 Å². The number of hydrogen-bond donors (Lipinski definition) is 1. The third-order valence-electron chi connectivity index (χ3n) is 3.92. The number of unbranched alkanes of at least 4 members (excludes halogenated alkanes) is 1. The number of nitrogens with one attached hydrogen (secondary N) is 1. The Balaban J connectivity index is 2.10. The van der Waals surface area contributed by atoms with Gasteiger partial charge in [-0.1, -0.05) is 13.3 Å². The number of esters is 1. The van der Waals surface area contributed by atoms with E-state index < -0.39 is 11.5 Å². The van der Waals surface area contributed by atoms with E-state index in [1.807, 2.05) is 6.92 Å². The summed E-state index contributed by atoms with van der Waals surface area (Å²) < 4.78 is 15.6. The predicted octanol–water partition coefficient (Wildman–Crippen LogP) is 2.45. The second kappa shape index (κ2) is 7.38. The highest BCUT2D eigenvalue weighted by molar-refractivity contribution is 5.94. The van der Waals surface area contributed by atoms with Gasteiger partial charge in [-0.3, -0.25) is 4.79 Å². The minimum atomic E-state index is -0.674. The zero-order chi connectivity index (χ0) is 18.7. The predicted molar refractivity (Wildman–Crippen MR) is 96.0 cm³/mol. The number of hydrogen-bond acceptors (Lipinski definition) is 7. The lowest BCUT2D eigenvalue weighted by Crippen LogP contribution is -2.18. The van der Waals surface area contributed by atoms with Crippen LogP contribution in [-0.4, -0.2) is 41.7 Å². The third kappa shape index (κ3) is 3.30. The van der Waals surface area contributed by atoms with Crippen molar-refractivity contribution in [3.63, 3.8) is 0 Å². The molecule has 0 bridgehead atoms. The maximum absolute atomic E-state index is 12.4. The molecule has 1 N–H and O–H groups in total. The monoisotopic (exact) mass is 357 g/mol. The molecule has 0 saturated carbocycles. The summed E-state index contributed by atoms with van der Waals surface area (Å²) in [5.74, 6) is 0.204. The van der Waals surface area contributed by atoms with Crippen LogP contribution in [0.25, 0.3) is 21.9 Å². The summed E-state index contributed by atoms with van der Waals surface area (Å²) in [4.78, 5) is 35.4. The molecule has 0 fully saturated rings. The van der Waals surface area contributed by atoms with Crippen LogP contribution >= 0.6 is 0 Å². The molecule has 8 nitrogen and oxygen atoms in total. The average molecular weight is 357 g/mol. The number of fused-ring (bicyclic) bond motifs is 2. The Morgan fingerprint density at radius 3 is 2.54 bits per heavy atom. The van der Waals surface area contributed by atoms with Crippen LogP contribution in [0.2, 0.25) is 0 Å². The van der Waals surface area contributed by atoms with Gasteiger partial charge in [0.25, 0.3) is 5.56 Å². The molecular formula is C18H19N3O5. The number of carbonyl (C=O) groups excluding carboxylic acids is 1. The van der Waals surface area contributed by atoms with Gasteiger partial charge >= 0.3 is 5.97 Å². The van der Waals surface area contributed by atoms with E-state index in [0.29, 0.717) is 22.4 Å². The van der Waals surface area contributed by atoms with E-state index in [1.54, 1.807) is 18.2 Å². The summed E-state index contributed by atoms with van der Waals surface area (Å²) in [5, 5.41) is 0.968. The molecule has 0 atom stereocenters. The van der Waals surface area contributed by atoms with E-state index in [0.717, 1.165) is 12.8 Å². The zero-order valence-electron chi connectivity index (χ0n) is 14.8. The Kier molecular flexibility index (Phi) is 5.01. The number of nitrogens with zero attached hydrogens (tertiary/aromatic N) is 2. The van der Waals surface area contributed by atoms with Crippen molar-refractivity contribution in [1.82, 2.24) is 15.0 Å². The van der Waals surface area contributed by atoms with Crippen LogP contribution in [-0.2, 0) is 4.74 Å². The van der Waals surface area contributed by atoms with E-state index in [4.69, 9.17) is 14.2 Å². The van der Waals surface area contributed by atoms with Crippen molar-refractivity contribution in [1.29, 1.82) is 0 Å². The number of H-pyrrole nitrogens is 1. The van der Waals surface area contributed by atoms with Crippen LogP contribution in [0.4, 0.5) is 0 Å². The number of methoxy groups -OCH3 is 2. The Hall–Kier alpha value is -3.16. The number of pyridine rings is 1. The molecule has 2 heterocycles. The van der Waals surface area contributed by atoms with E-state index in [2.05, 4.69) is 15.0 Å². The van der Waals surface area contributed by atoms with Crippen LogP contribution in [0, 0.1) is 0 Å². The maximum Gasteiger partial charge on any atom is 0.374 e. The van der Waals surface area contributed by atoms with Gasteiger partial charge in [0, 0.05) is 11.5 Å². The van der Waals surface area contributed by atoms with Crippen LogP contribution in [0.15, 0.2) is 23.0 Å². The molecule has 3 rings (SSSR count). The minimum Gasteiger partial charge on any atom is -0.493 e. The number of ether oxygens (including phenoxy) is 3. The summed E-state index contributed by atoms with van der Waals surface area (Å²) in [7, 11) is 3.06. The molecule has 0 radical (unpaired) electrons. The standard InChI is InChI=1S/C18H19N3O5/c1-4-5-6-26-18(23)16-20-15-11(17(22)21-16)7-10-8-13(24-2)14(25-3)9-12(10)19-15/h7-9H,4-6H2,1-3H3,(H,19,20,21,22). The molecular weight excluding hydrogens is 338 g/mol. The molecule has 0 aliphatic carbocycles. The fourth-order valence-corrected chi connectivity index (χ4v) is 2.53. The van der Waals surface area contributed by atoms with Gasteiger partial charge in [-0.15, -0.1) is 0 Å². The van der Waals surface area contributed by atoms with Crippen molar-refractivity contribution in [3.05, 3.63) is 34.4 Å². The van der Waals surface area contributed by atoms with Gasteiger partial charge in [-0.05, 0) is 18.6 Å². The van der Waals surface area contributed by atoms with Crippen molar-refractivity contribution < 1.29 is 19.0 Å². The van der Waals surface area contributed by atoms with Gasteiger partial charge < -0.3 is 19.2 Å². The van der Waals surface area contributed by atoms with E-state index >= 15 is 0 Å². The summed E-state index contributed by atoms with van der Waals surface area (Å²) in [6.45, 7) is 2.27. The molecule has 2 aromatic heterocycles. The van der Waals surface area contributed by atoms with Gasteiger partial charge in [-0.2, -0.15) is 0 Å². The summed E-state index contributed by atoms with van der Waals surface area (Å²) in [6.07, 6.45) is 1.64. The number of aromatic amines is 1. The summed E-state index contributed by atoms with van der Waals surface area (Å²) in [5.41, 5.74) is 0.274. The maximum atomic E-state index is 12.4. The first-order valence-electron chi connectivity index (χ1n) is 8.21. The van der Waals surface area contributed by atoms with Crippen LogP contribution < -0.4 is 15.0 Å². The highest BCUT2D eigenvalue weighted by Crippen LogP contribution is 2.32. The number of rotatable bonds is 6. The topological polar surface area (TPSA) is 103 Å². The van der Waals surface area contributed by atoms with Gasteiger partial charge in [0.1, 0.15) is 0 Å². The molecule has 0 aliphatic heterocycles. The molecule has 0 unspecified atom stereocenters. The first kappa shape index (κ1) is 17.7.